The summed E-state index contributed by atoms with van der Waals surface area (Å²) < 4.78 is 15.6. The number of fused-ring (bicyclic) bond motifs is 1. The SMILES string of the molecule is CCC(C)C(=O)OCC(=O)OC1C2CC3C1OC(=O)C3(C#N)C2. The van der Waals surface area contributed by atoms with Gasteiger partial charge in [0.05, 0.1) is 12.0 Å². The second-order valence-corrected chi connectivity index (χ2v) is 6.63. The fourth-order valence-corrected chi connectivity index (χ4v) is 3.91. The predicted molar refractivity (Wildman–Crippen MR) is 74.4 cm³/mol. The summed E-state index contributed by atoms with van der Waals surface area (Å²) in [6, 6.07) is 2.10. The number of nitrogens with zero attached hydrogens (tertiary/aromatic N) is 1. The number of ether oxygens (including phenoxy) is 3. The highest BCUT2D eigenvalue weighted by atomic mass is 16.6. The molecule has 2 aliphatic carbocycles. The van der Waals surface area contributed by atoms with Crippen LogP contribution in [0, 0.1) is 34.5 Å². The molecule has 6 atom stereocenters. The molecule has 1 heterocycles. The van der Waals surface area contributed by atoms with Gasteiger partial charge in [-0.2, -0.15) is 5.26 Å². The maximum Gasteiger partial charge on any atom is 0.344 e. The quantitative estimate of drug-likeness (QED) is 0.549. The maximum atomic E-state index is 11.9. The molecule has 3 aliphatic rings. The molecule has 3 rings (SSSR count). The Balaban J connectivity index is 1.57. The molecule has 7 nitrogen and oxygen atoms in total. The van der Waals surface area contributed by atoms with Crippen LogP contribution < -0.4 is 0 Å². The Hall–Kier alpha value is -2.10. The van der Waals surface area contributed by atoms with Gasteiger partial charge in [-0.3, -0.25) is 9.59 Å². The van der Waals surface area contributed by atoms with Gasteiger partial charge in [-0.25, -0.2) is 4.79 Å². The van der Waals surface area contributed by atoms with Crippen LogP contribution in [0.1, 0.15) is 33.1 Å². The molecule has 0 N–H and O–H groups in total. The van der Waals surface area contributed by atoms with Crippen molar-refractivity contribution in [3.63, 3.8) is 0 Å². The van der Waals surface area contributed by atoms with Crippen LogP contribution in [0.4, 0.5) is 0 Å². The average molecular weight is 321 g/mol. The summed E-state index contributed by atoms with van der Waals surface area (Å²) in [6.07, 6.45) is 0.565. The largest absolute Gasteiger partial charge is 0.457 e. The van der Waals surface area contributed by atoms with E-state index in [1.807, 2.05) is 6.92 Å². The molecule has 0 radical (unpaired) electrons. The lowest BCUT2D eigenvalue weighted by Gasteiger charge is -2.27. The number of esters is 3. The average Bonchev–Trinajstić information content (AvgIpc) is 3.13. The first-order valence-corrected chi connectivity index (χ1v) is 7.91. The molecule has 1 aliphatic heterocycles. The Morgan fingerprint density at radius 2 is 2.26 bits per heavy atom. The van der Waals surface area contributed by atoms with E-state index in [1.165, 1.54) is 0 Å². The predicted octanol–water partition coefficient (Wildman–Crippen LogP) is 0.963. The van der Waals surface area contributed by atoms with Crippen molar-refractivity contribution in [2.45, 2.75) is 45.3 Å². The second kappa shape index (κ2) is 5.52. The molecule has 23 heavy (non-hydrogen) atoms. The van der Waals surface area contributed by atoms with Crippen molar-refractivity contribution < 1.29 is 28.6 Å². The van der Waals surface area contributed by atoms with Gasteiger partial charge in [0.25, 0.3) is 0 Å². The summed E-state index contributed by atoms with van der Waals surface area (Å²) in [5, 5.41) is 9.31. The molecule has 0 amide bonds. The Bertz CT molecular complexity index is 596. The third kappa shape index (κ3) is 2.28. The zero-order chi connectivity index (χ0) is 16.8. The minimum atomic E-state index is -1.05. The first-order valence-electron chi connectivity index (χ1n) is 7.91. The number of hydrogen-bond acceptors (Lipinski definition) is 7. The molecule has 0 aromatic heterocycles. The topological polar surface area (TPSA) is 103 Å². The fraction of sp³-hybridized carbons (Fsp3) is 0.750. The van der Waals surface area contributed by atoms with Crippen LogP contribution in [0.3, 0.4) is 0 Å². The lowest BCUT2D eigenvalue weighted by molar-refractivity contribution is -0.170. The van der Waals surface area contributed by atoms with E-state index in [2.05, 4.69) is 6.07 Å². The van der Waals surface area contributed by atoms with Crippen molar-refractivity contribution in [3.8, 4) is 6.07 Å². The first-order chi connectivity index (χ1) is 10.9. The van der Waals surface area contributed by atoms with E-state index in [0.717, 1.165) is 0 Å². The van der Waals surface area contributed by atoms with Crippen LogP contribution in [0.15, 0.2) is 0 Å². The highest BCUT2D eigenvalue weighted by molar-refractivity contribution is 5.84. The van der Waals surface area contributed by atoms with Gasteiger partial charge in [-0.05, 0) is 19.3 Å². The van der Waals surface area contributed by atoms with E-state index < -0.39 is 42.1 Å². The Morgan fingerprint density at radius 3 is 2.91 bits per heavy atom. The van der Waals surface area contributed by atoms with E-state index in [-0.39, 0.29) is 17.8 Å². The van der Waals surface area contributed by atoms with Crippen molar-refractivity contribution in [2.24, 2.45) is 23.2 Å². The molecule has 2 bridgehead atoms. The Labute approximate surface area is 133 Å². The highest BCUT2D eigenvalue weighted by Gasteiger charge is 2.72. The maximum absolute atomic E-state index is 11.9. The molecule has 0 aromatic carbocycles. The van der Waals surface area contributed by atoms with Crippen molar-refractivity contribution >= 4 is 17.9 Å². The van der Waals surface area contributed by atoms with Crippen molar-refractivity contribution in [1.29, 1.82) is 5.26 Å². The molecule has 2 saturated carbocycles. The van der Waals surface area contributed by atoms with Gasteiger partial charge in [0, 0.05) is 11.8 Å². The van der Waals surface area contributed by atoms with Gasteiger partial charge < -0.3 is 14.2 Å². The molecule has 7 heteroatoms. The summed E-state index contributed by atoms with van der Waals surface area (Å²) in [4.78, 5) is 35.4. The summed E-state index contributed by atoms with van der Waals surface area (Å²) in [5.41, 5.74) is -1.05. The standard InChI is InChI=1S/C16H19NO6/c1-3-8(2)14(19)21-6-11(18)22-12-9-4-10-13(12)23-15(20)16(10,5-9)7-17/h8-10,12-13H,3-6H2,1-2H3. The summed E-state index contributed by atoms with van der Waals surface area (Å²) >= 11 is 0. The second-order valence-electron chi connectivity index (χ2n) is 6.63. The Morgan fingerprint density at radius 1 is 1.52 bits per heavy atom. The smallest absolute Gasteiger partial charge is 0.344 e. The molecular weight excluding hydrogens is 302 g/mol. The normalized spacial score (nSPS) is 37.9. The van der Waals surface area contributed by atoms with E-state index in [0.29, 0.717) is 19.3 Å². The molecule has 0 spiro atoms. The number of carbonyl (C=O) groups excluding carboxylic acids is 3. The summed E-state index contributed by atoms with van der Waals surface area (Å²) in [6.45, 7) is 3.14. The lowest BCUT2D eigenvalue weighted by atomic mass is 9.75. The zero-order valence-corrected chi connectivity index (χ0v) is 13.1. The van der Waals surface area contributed by atoms with Crippen LogP contribution >= 0.6 is 0 Å². The third-order valence-electron chi connectivity index (χ3n) is 5.38. The monoisotopic (exact) mass is 321 g/mol. The van der Waals surface area contributed by atoms with Gasteiger partial charge in [-0.1, -0.05) is 13.8 Å². The third-order valence-corrected chi connectivity index (χ3v) is 5.38. The number of hydrogen-bond donors (Lipinski definition) is 0. The zero-order valence-electron chi connectivity index (χ0n) is 13.1. The van der Waals surface area contributed by atoms with Crippen LogP contribution in [0.5, 0.6) is 0 Å². The van der Waals surface area contributed by atoms with Gasteiger partial charge in [0.15, 0.2) is 12.0 Å². The van der Waals surface area contributed by atoms with Crippen LogP contribution in [-0.2, 0) is 28.6 Å². The molecule has 6 unspecified atom stereocenters. The highest BCUT2D eigenvalue weighted by Crippen LogP contribution is 2.62. The number of carbonyl (C=O) groups is 3. The lowest BCUT2D eigenvalue weighted by Crippen LogP contribution is -2.40. The van der Waals surface area contributed by atoms with Gasteiger partial charge in [0.2, 0.25) is 0 Å². The molecule has 124 valence electrons. The summed E-state index contributed by atoms with van der Waals surface area (Å²) in [5.74, 6) is -2.11. The van der Waals surface area contributed by atoms with Crippen molar-refractivity contribution in [2.75, 3.05) is 6.61 Å². The minimum Gasteiger partial charge on any atom is -0.457 e. The van der Waals surface area contributed by atoms with Gasteiger partial charge >= 0.3 is 17.9 Å². The van der Waals surface area contributed by atoms with Gasteiger partial charge in [-0.15, -0.1) is 0 Å². The van der Waals surface area contributed by atoms with Gasteiger partial charge in [0.1, 0.15) is 12.2 Å². The fourth-order valence-electron chi connectivity index (χ4n) is 3.91. The van der Waals surface area contributed by atoms with Crippen molar-refractivity contribution in [1.82, 2.24) is 0 Å². The Kier molecular flexibility index (Phi) is 3.78. The van der Waals surface area contributed by atoms with Crippen LogP contribution in [0.2, 0.25) is 0 Å². The van der Waals surface area contributed by atoms with Crippen LogP contribution in [-0.4, -0.2) is 36.7 Å². The van der Waals surface area contributed by atoms with E-state index >= 15 is 0 Å². The van der Waals surface area contributed by atoms with E-state index in [1.54, 1.807) is 6.92 Å². The number of rotatable bonds is 5. The van der Waals surface area contributed by atoms with E-state index in [9.17, 15) is 19.6 Å². The number of nitriles is 1. The molecule has 3 fully saturated rings. The first kappa shape index (κ1) is 15.8. The van der Waals surface area contributed by atoms with Crippen LogP contribution in [0.25, 0.3) is 0 Å². The minimum absolute atomic E-state index is 0.0506. The molecule has 0 aromatic rings. The molecular formula is C16H19NO6. The van der Waals surface area contributed by atoms with E-state index in [4.69, 9.17) is 14.2 Å². The molecule has 1 saturated heterocycles. The summed E-state index contributed by atoms with van der Waals surface area (Å²) in [7, 11) is 0. The van der Waals surface area contributed by atoms with Crippen molar-refractivity contribution in [3.05, 3.63) is 0 Å².